The molecule has 80 valence electrons. The maximum atomic E-state index is 8.85. The van der Waals surface area contributed by atoms with E-state index in [0.717, 1.165) is 5.39 Å². The molecule has 6 nitrogen and oxygen atoms in total. The van der Waals surface area contributed by atoms with Crippen molar-refractivity contribution < 1.29 is 5.11 Å². The summed E-state index contributed by atoms with van der Waals surface area (Å²) in [5, 5.41) is 16.4. The molecule has 2 rings (SSSR count). The number of aromatic amines is 1. The average Bonchev–Trinajstić information content (AvgIpc) is 2.64. The highest BCUT2D eigenvalue weighted by Crippen LogP contribution is 2.22. The topological polar surface area (TPSA) is 77.9 Å². The van der Waals surface area contributed by atoms with Gasteiger partial charge in [0.15, 0.2) is 5.65 Å². The lowest BCUT2D eigenvalue weighted by molar-refractivity contribution is 0.304. The van der Waals surface area contributed by atoms with Crippen LogP contribution in [-0.2, 0) is 0 Å². The minimum Gasteiger partial charge on any atom is -0.395 e. The van der Waals surface area contributed by atoms with Gasteiger partial charge in [-0.05, 0) is 11.6 Å². The van der Waals surface area contributed by atoms with Crippen LogP contribution < -0.4 is 4.90 Å². The number of aliphatic hydroxyl groups is 1. The van der Waals surface area contributed by atoms with Crippen LogP contribution in [0, 0.1) is 0 Å². The number of likely N-dealkylation sites (N-methyl/N-ethyl adjacent to an activating group) is 1. The Hall–Kier alpha value is -1.40. The Morgan fingerprint density at radius 2 is 2.33 bits per heavy atom. The van der Waals surface area contributed by atoms with Gasteiger partial charge in [0, 0.05) is 13.6 Å². The molecule has 0 unspecified atom stereocenters. The highest BCUT2D eigenvalue weighted by molar-refractivity contribution is 6.28. The normalized spacial score (nSPS) is 10.9. The Morgan fingerprint density at radius 3 is 3.07 bits per heavy atom. The molecule has 0 amide bonds. The van der Waals surface area contributed by atoms with Crippen LogP contribution in [0.1, 0.15) is 0 Å². The molecule has 0 aliphatic rings. The van der Waals surface area contributed by atoms with Gasteiger partial charge < -0.3 is 10.0 Å². The number of aliphatic hydroxyl groups excluding tert-OH is 1. The number of aromatic nitrogens is 4. The third kappa shape index (κ3) is 1.86. The van der Waals surface area contributed by atoms with E-state index in [1.165, 1.54) is 0 Å². The molecule has 2 N–H and O–H groups in total. The summed E-state index contributed by atoms with van der Waals surface area (Å²) in [4.78, 5) is 9.88. The second-order valence-electron chi connectivity index (χ2n) is 3.09. The van der Waals surface area contributed by atoms with Gasteiger partial charge >= 0.3 is 0 Å². The van der Waals surface area contributed by atoms with E-state index in [4.69, 9.17) is 16.7 Å². The monoisotopic (exact) mass is 227 g/mol. The van der Waals surface area contributed by atoms with Crippen LogP contribution in [0.3, 0.4) is 0 Å². The summed E-state index contributed by atoms with van der Waals surface area (Å²) in [5.41, 5.74) is 0.592. The van der Waals surface area contributed by atoms with Gasteiger partial charge in [-0.2, -0.15) is 15.1 Å². The molecule has 0 spiro atoms. The molecule has 0 aliphatic carbocycles. The predicted octanol–water partition coefficient (Wildman–Crippen LogP) is 0.435. The van der Waals surface area contributed by atoms with E-state index in [0.29, 0.717) is 18.0 Å². The zero-order valence-corrected chi connectivity index (χ0v) is 8.86. The van der Waals surface area contributed by atoms with Crippen LogP contribution >= 0.6 is 11.6 Å². The van der Waals surface area contributed by atoms with Crippen LogP contribution in [0.15, 0.2) is 6.20 Å². The van der Waals surface area contributed by atoms with E-state index in [9.17, 15) is 0 Å². The molecule has 15 heavy (non-hydrogen) atoms. The molecule has 0 aromatic carbocycles. The minimum absolute atomic E-state index is 0.0530. The Morgan fingerprint density at radius 1 is 1.53 bits per heavy atom. The molecule has 2 aromatic rings. The summed E-state index contributed by atoms with van der Waals surface area (Å²) in [5.74, 6) is 0.660. The molecule has 0 radical (unpaired) electrons. The Kier molecular flexibility index (Phi) is 2.70. The van der Waals surface area contributed by atoms with E-state index in [1.54, 1.807) is 11.1 Å². The van der Waals surface area contributed by atoms with Crippen LogP contribution in [0.4, 0.5) is 5.82 Å². The van der Waals surface area contributed by atoms with Crippen molar-refractivity contribution in [2.24, 2.45) is 0 Å². The lowest BCUT2D eigenvalue weighted by Crippen LogP contribution is -2.22. The van der Waals surface area contributed by atoms with Crippen molar-refractivity contribution in [3.8, 4) is 0 Å². The SMILES string of the molecule is CN(CCO)c1nc(Cl)nc2[nH]ncc12. The summed E-state index contributed by atoms with van der Waals surface area (Å²) in [7, 11) is 1.82. The number of hydrogen-bond donors (Lipinski definition) is 2. The molecule has 2 aromatic heterocycles. The molecule has 0 bridgehead atoms. The summed E-state index contributed by atoms with van der Waals surface area (Å²) >= 11 is 5.77. The fraction of sp³-hybridized carbons (Fsp3) is 0.375. The van der Waals surface area contributed by atoms with Gasteiger partial charge in [-0.1, -0.05) is 0 Å². The van der Waals surface area contributed by atoms with E-state index >= 15 is 0 Å². The van der Waals surface area contributed by atoms with Crippen molar-refractivity contribution >= 4 is 28.5 Å². The van der Waals surface area contributed by atoms with Crippen molar-refractivity contribution in [2.75, 3.05) is 25.1 Å². The highest BCUT2D eigenvalue weighted by Gasteiger charge is 2.11. The third-order valence-electron chi connectivity index (χ3n) is 2.06. The maximum absolute atomic E-state index is 8.85. The van der Waals surface area contributed by atoms with Crippen molar-refractivity contribution in [2.45, 2.75) is 0 Å². The van der Waals surface area contributed by atoms with Gasteiger partial charge in [0.25, 0.3) is 0 Å². The molecule has 0 saturated heterocycles. The quantitative estimate of drug-likeness (QED) is 0.744. The second-order valence-corrected chi connectivity index (χ2v) is 3.43. The van der Waals surface area contributed by atoms with Crippen LogP contribution in [0.25, 0.3) is 11.0 Å². The summed E-state index contributed by atoms with van der Waals surface area (Å²) in [6.07, 6.45) is 1.63. The average molecular weight is 228 g/mol. The lowest BCUT2D eigenvalue weighted by Gasteiger charge is -2.16. The Labute approximate surface area is 90.9 Å². The second kappa shape index (κ2) is 4.00. The largest absolute Gasteiger partial charge is 0.395 e. The highest BCUT2D eigenvalue weighted by atomic mass is 35.5. The van der Waals surface area contributed by atoms with E-state index in [2.05, 4.69) is 20.2 Å². The Balaban J connectivity index is 2.52. The fourth-order valence-corrected chi connectivity index (χ4v) is 1.50. The van der Waals surface area contributed by atoms with Crippen molar-refractivity contribution in [1.29, 1.82) is 0 Å². The van der Waals surface area contributed by atoms with Crippen molar-refractivity contribution in [1.82, 2.24) is 20.2 Å². The first kappa shape index (κ1) is 10.1. The van der Waals surface area contributed by atoms with Gasteiger partial charge in [-0.15, -0.1) is 0 Å². The molecule has 0 atom stereocenters. The number of halogens is 1. The van der Waals surface area contributed by atoms with E-state index in [1.807, 2.05) is 7.05 Å². The standard InChI is InChI=1S/C8H10ClN5O/c1-14(2-3-15)7-5-4-10-13-6(5)11-8(9)12-7/h4,15H,2-3H2,1H3,(H,10,11,12,13). The first-order valence-corrected chi connectivity index (χ1v) is 4.79. The van der Waals surface area contributed by atoms with Gasteiger partial charge in [0.2, 0.25) is 5.28 Å². The first-order valence-electron chi connectivity index (χ1n) is 4.41. The molecular weight excluding hydrogens is 218 g/mol. The van der Waals surface area contributed by atoms with Gasteiger partial charge in [-0.25, -0.2) is 0 Å². The molecule has 0 fully saturated rings. The van der Waals surface area contributed by atoms with Gasteiger partial charge in [0.05, 0.1) is 18.2 Å². The number of fused-ring (bicyclic) bond motifs is 1. The number of hydrogen-bond acceptors (Lipinski definition) is 5. The predicted molar refractivity (Wildman–Crippen MR) is 57.0 cm³/mol. The smallest absolute Gasteiger partial charge is 0.226 e. The number of H-pyrrole nitrogens is 1. The van der Waals surface area contributed by atoms with Gasteiger partial charge in [-0.3, -0.25) is 5.10 Å². The van der Waals surface area contributed by atoms with Crippen molar-refractivity contribution in [3.63, 3.8) is 0 Å². The first-order chi connectivity index (χ1) is 7.22. The number of rotatable bonds is 3. The summed E-state index contributed by atoms with van der Waals surface area (Å²) in [6.45, 7) is 0.533. The molecule has 7 heteroatoms. The third-order valence-corrected chi connectivity index (χ3v) is 2.23. The summed E-state index contributed by atoms with van der Waals surface area (Å²) in [6, 6.07) is 0. The zero-order valence-electron chi connectivity index (χ0n) is 8.11. The Bertz CT molecular complexity index is 471. The van der Waals surface area contributed by atoms with Crippen LogP contribution in [0.2, 0.25) is 5.28 Å². The van der Waals surface area contributed by atoms with E-state index < -0.39 is 0 Å². The van der Waals surface area contributed by atoms with Crippen LogP contribution in [-0.4, -0.2) is 45.5 Å². The molecule has 0 saturated carbocycles. The lowest BCUT2D eigenvalue weighted by atomic mass is 10.3. The fourth-order valence-electron chi connectivity index (χ4n) is 1.34. The zero-order chi connectivity index (χ0) is 10.8. The molecule has 0 aliphatic heterocycles. The molecule has 2 heterocycles. The molecular formula is C8H10ClN5O. The van der Waals surface area contributed by atoms with E-state index in [-0.39, 0.29) is 11.9 Å². The van der Waals surface area contributed by atoms with Gasteiger partial charge in [0.1, 0.15) is 5.82 Å². The van der Waals surface area contributed by atoms with Crippen LogP contribution in [0.5, 0.6) is 0 Å². The summed E-state index contributed by atoms with van der Waals surface area (Å²) < 4.78 is 0. The number of anilines is 1. The minimum atomic E-state index is 0.0530. The maximum Gasteiger partial charge on any atom is 0.226 e. The van der Waals surface area contributed by atoms with Crippen molar-refractivity contribution in [3.05, 3.63) is 11.5 Å². The number of nitrogens with zero attached hydrogens (tertiary/aromatic N) is 4. The number of nitrogens with one attached hydrogen (secondary N) is 1.